The second-order valence-corrected chi connectivity index (χ2v) is 5.21. The molecule has 1 aromatic carbocycles. The molecule has 0 unspecified atom stereocenters. The third-order valence-electron chi connectivity index (χ3n) is 3.54. The van der Waals surface area contributed by atoms with Crippen molar-refractivity contribution in [1.82, 2.24) is 15.0 Å². The molecule has 3 aromatic rings. The van der Waals surface area contributed by atoms with Crippen LogP contribution in [-0.4, -0.2) is 35.3 Å². The van der Waals surface area contributed by atoms with E-state index in [1.54, 1.807) is 19.2 Å². The summed E-state index contributed by atoms with van der Waals surface area (Å²) in [6.07, 6.45) is 0.705. The van der Waals surface area contributed by atoms with Crippen LogP contribution in [-0.2, 0) is 11.2 Å². The number of rotatable bonds is 6. The maximum absolute atomic E-state index is 13.1. The Bertz CT molecular complexity index is 838. The second kappa shape index (κ2) is 7.31. The molecule has 124 valence electrons. The number of methoxy groups -OCH3 is 1. The summed E-state index contributed by atoms with van der Waals surface area (Å²) < 4.78 is 23.8. The average Bonchev–Trinajstić information content (AvgIpc) is 2.62. The van der Waals surface area contributed by atoms with Gasteiger partial charge in [0.15, 0.2) is 5.52 Å². The summed E-state index contributed by atoms with van der Waals surface area (Å²) in [7, 11) is 1.61. The summed E-state index contributed by atoms with van der Waals surface area (Å²) >= 11 is 0. The van der Waals surface area contributed by atoms with E-state index >= 15 is 0 Å². The van der Waals surface area contributed by atoms with Gasteiger partial charge in [0.05, 0.1) is 17.8 Å². The highest BCUT2D eigenvalue weighted by molar-refractivity contribution is 5.82. The standard InChI is InChI=1S/C18H18FN3O2/c1-3-16-20-15-9-8-14(12-4-6-13(19)7-5-12)21-17(15)18(22-16)24-11-10-23-2/h4-9H,3,10-11H2,1-2H3. The van der Waals surface area contributed by atoms with Gasteiger partial charge in [-0.15, -0.1) is 0 Å². The molecule has 6 heteroatoms. The van der Waals surface area contributed by atoms with Crippen molar-refractivity contribution < 1.29 is 13.9 Å². The number of fused-ring (bicyclic) bond motifs is 1. The summed E-state index contributed by atoms with van der Waals surface area (Å²) in [5.41, 5.74) is 2.85. The fourth-order valence-corrected chi connectivity index (χ4v) is 2.30. The van der Waals surface area contributed by atoms with E-state index in [0.717, 1.165) is 11.1 Å². The Morgan fingerprint density at radius 3 is 2.46 bits per heavy atom. The fourth-order valence-electron chi connectivity index (χ4n) is 2.30. The van der Waals surface area contributed by atoms with Crippen molar-refractivity contribution in [2.24, 2.45) is 0 Å². The van der Waals surface area contributed by atoms with Crippen LogP contribution >= 0.6 is 0 Å². The third-order valence-corrected chi connectivity index (χ3v) is 3.54. The quantitative estimate of drug-likeness (QED) is 0.649. The molecule has 0 amide bonds. The Morgan fingerprint density at radius 1 is 0.958 bits per heavy atom. The topological polar surface area (TPSA) is 57.1 Å². The maximum Gasteiger partial charge on any atom is 0.244 e. The van der Waals surface area contributed by atoms with Gasteiger partial charge in [0.25, 0.3) is 0 Å². The molecule has 2 aromatic heterocycles. The Hall–Kier alpha value is -2.60. The van der Waals surface area contributed by atoms with Gasteiger partial charge < -0.3 is 9.47 Å². The van der Waals surface area contributed by atoms with Crippen LogP contribution < -0.4 is 4.74 Å². The highest BCUT2D eigenvalue weighted by Gasteiger charge is 2.12. The molecule has 5 nitrogen and oxygen atoms in total. The molecule has 3 rings (SSSR count). The number of ether oxygens (including phenoxy) is 2. The molecular formula is C18H18FN3O2. The normalized spacial score (nSPS) is 11.0. The van der Waals surface area contributed by atoms with Crippen molar-refractivity contribution in [3.05, 3.63) is 48.0 Å². The largest absolute Gasteiger partial charge is 0.474 e. The summed E-state index contributed by atoms with van der Waals surface area (Å²) in [4.78, 5) is 13.5. The number of hydrogen-bond donors (Lipinski definition) is 0. The highest BCUT2D eigenvalue weighted by Crippen LogP contribution is 2.25. The molecular weight excluding hydrogens is 309 g/mol. The third kappa shape index (κ3) is 3.49. The summed E-state index contributed by atoms with van der Waals surface area (Å²) in [5.74, 6) is 0.864. The number of halogens is 1. The minimum Gasteiger partial charge on any atom is -0.474 e. The van der Waals surface area contributed by atoms with E-state index in [4.69, 9.17) is 9.47 Å². The lowest BCUT2D eigenvalue weighted by Gasteiger charge is -2.10. The molecule has 2 heterocycles. The van der Waals surface area contributed by atoms with E-state index in [2.05, 4.69) is 15.0 Å². The summed E-state index contributed by atoms with van der Waals surface area (Å²) in [6, 6.07) is 9.94. The van der Waals surface area contributed by atoms with Crippen molar-refractivity contribution >= 4 is 11.0 Å². The van der Waals surface area contributed by atoms with Gasteiger partial charge in [-0.1, -0.05) is 6.92 Å². The zero-order valence-electron chi connectivity index (χ0n) is 13.6. The number of hydrogen-bond acceptors (Lipinski definition) is 5. The Kier molecular flexibility index (Phi) is 4.96. The van der Waals surface area contributed by atoms with Crippen molar-refractivity contribution in [2.45, 2.75) is 13.3 Å². The maximum atomic E-state index is 13.1. The Morgan fingerprint density at radius 2 is 1.75 bits per heavy atom. The van der Waals surface area contributed by atoms with Crippen molar-refractivity contribution in [3.63, 3.8) is 0 Å². The lowest BCUT2D eigenvalue weighted by molar-refractivity contribution is 0.144. The molecule has 0 spiro atoms. The average molecular weight is 327 g/mol. The van der Waals surface area contributed by atoms with Gasteiger partial charge in [0.2, 0.25) is 5.88 Å². The lowest BCUT2D eigenvalue weighted by Crippen LogP contribution is -2.08. The van der Waals surface area contributed by atoms with Crippen molar-refractivity contribution in [3.8, 4) is 17.1 Å². The molecule has 0 radical (unpaired) electrons. The zero-order valence-corrected chi connectivity index (χ0v) is 13.6. The molecule has 0 fully saturated rings. The van der Waals surface area contributed by atoms with E-state index in [0.29, 0.717) is 42.5 Å². The van der Waals surface area contributed by atoms with Crippen LogP contribution in [0.5, 0.6) is 5.88 Å². The first-order valence-corrected chi connectivity index (χ1v) is 7.76. The van der Waals surface area contributed by atoms with E-state index < -0.39 is 0 Å². The molecule has 0 aliphatic heterocycles. The zero-order chi connectivity index (χ0) is 16.9. The van der Waals surface area contributed by atoms with E-state index in [-0.39, 0.29) is 5.82 Å². The predicted octanol–water partition coefficient (Wildman–Crippen LogP) is 3.42. The van der Waals surface area contributed by atoms with Crippen LogP contribution in [0.2, 0.25) is 0 Å². The summed E-state index contributed by atoms with van der Waals surface area (Å²) in [5, 5.41) is 0. The molecule has 0 bridgehead atoms. The molecule has 0 N–H and O–H groups in total. The van der Waals surface area contributed by atoms with Gasteiger partial charge in [-0.3, -0.25) is 0 Å². The first-order valence-electron chi connectivity index (χ1n) is 7.76. The van der Waals surface area contributed by atoms with Crippen LogP contribution in [0, 0.1) is 5.82 Å². The van der Waals surface area contributed by atoms with Crippen LogP contribution in [0.25, 0.3) is 22.3 Å². The molecule has 0 aliphatic carbocycles. The monoisotopic (exact) mass is 327 g/mol. The smallest absolute Gasteiger partial charge is 0.244 e. The van der Waals surface area contributed by atoms with Gasteiger partial charge in [-0.2, -0.15) is 4.98 Å². The number of nitrogens with zero attached hydrogens (tertiary/aromatic N) is 3. The van der Waals surface area contributed by atoms with E-state index in [1.165, 1.54) is 12.1 Å². The molecule has 0 saturated heterocycles. The Balaban J connectivity index is 2.05. The number of benzene rings is 1. The number of aromatic nitrogens is 3. The van der Waals surface area contributed by atoms with Crippen LogP contribution in [0.1, 0.15) is 12.7 Å². The number of aryl methyl sites for hydroxylation is 1. The van der Waals surface area contributed by atoms with E-state index in [9.17, 15) is 4.39 Å². The lowest BCUT2D eigenvalue weighted by atomic mass is 10.1. The first-order chi connectivity index (χ1) is 11.7. The molecule has 24 heavy (non-hydrogen) atoms. The Labute approximate surface area is 139 Å². The van der Waals surface area contributed by atoms with Crippen molar-refractivity contribution in [1.29, 1.82) is 0 Å². The van der Waals surface area contributed by atoms with Gasteiger partial charge in [-0.05, 0) is 36.4 Å². The number of pyridine rings is 1. The predicted molar refractivity (Wildman–Crippen MR) is 89.5 cm³/mol. The van der Waals surface area contributed by atoms with Gasteiger partial charge in [0, 0.05) is 19.1 Å². The van der Waals surface area contributed by atoms with Crippen LogP contribution in [0.15, 0.2) is 36.4 Å². The molecule has 0 saturated carbocycles. The molecule has 0 atom stereocenters. The minimum absolute atomic E-state index is 0.279. The highest BCUT2D eigenvalue weighted by atomic mass is 19.1. The minimum atomic E-state index is -0.279. The first kappa shape index (κ1) is 16.3. The van der Waals surface area contributed by atoms with E-state index in [1.807, 2.05) is 19.1 Å². The summed E-state index contributed by atoms with van der Waals surface area (Å²) in [6.45, 7) is 2.83. The van der Waals surface area contributed by atoms with Gasteiger partial charge in [0.1, 0.15) is 18.2 Å². The van der Waals surface area contributed by atoms with Gasteiger partial charge in [-0.25, -0.2) is 14.4 Å². The fraction of sp³-hybridized carbons (Fsp3) is 0.278. The van der Waals surface area contributed by atoms with Crippen LogP contribution in [0.3, 0.4) is 0 Å². The van der Waals surface area contributed by atoms with Crippen LogP contribution in [0.4, 0.5) is 4.39 Å². The van der Waals surface area contributed by atoms with Gasteiger partial charge >= 0.3 is 0 Å². The SMILES string of the molecule is CCc1nc(OCCOC)c2nc(-c3ccc(F)cc3)ccc2n1. The second-order valence-electron chi connectivity index (χ2n) is 5.21. The molecule has 0 aliphatic rings. The van der Waals surface area contributed by atoms with Crippen molar-refractivity contribution in [2.75, 3.05) is 20.3 Å².